The molecule has 0 aliphatic rings. The first kappa shape index (κ1) is 16.5. The lowest BCUT2D eigenvalue weighted by Gasteiger charge is -2.27. The monoisotopic (exact) mass is 281 g/mol. The lowest BCUT2D eigenvalue weighted by Crippen LogP contribution is -2.39. The van der Waals surface area contributed by atoms with E-state index in [1.54, 1.807) is 7.11 Å². The van der Waals surface area contributed by atoms with Crippen molar-refractivity contribution in [3.05, 3.63) is 23.8 Å². The minimum atomic E-state index is -0.189. The van der Waals surface area contributed by atoms with Crippen LogP contribution in [0, 0.1) is 0 Å². The number of methoxy groups -OCH3 is 1. The third kappa shape index (κ3) is 4.51. The van der Waals surface area contributed by atoms with Crippen molar-refractivity contribution in [2.75, 3.05) is 26.8 Å². The van der Waals surface area contributed by atoms with Crippen molar-refractivity contribution in [1.29, 1.82) is 0 Å². The summed E-state index contributed by atoms with van der Waals surface area (Å²) in [6.45, 7) is 5.55. The minimum Gasteiger partial charge on any atom is -0.508 e. The molecular weight excluding hydrogens is 258 g/mol. The van der Waals surface area contributed by atoms with Crippen molar-refractivity contribution < 1.29 is 19.7 Å². The molecular formula is C15H23NO4. The lowest BCUT2D eigenvalue weighted by atomic mass is 10.1. The van der Waals surface area contributed by atoms with Crippen LogP contribution in [0.2, 0.25) is 0 Å². The third-order valence-corrected chi connectivity index (χ3v) is 3.43. The summed E-state index contributed by atoms with van der Waals surface area (Å²) in [6.07, 6.45) is 0.929. The standard InChI is InChI=1S/C15H23NO4/c1-4-11(2)16(7-8-20-3)10-15(19)13-6-5-12(17)9-14(13)18/h5-6,9,11,17-18H,4,7-8,10H2,1-3H3. The average Bonchev–Trinajstić information content (AvgIpc) is 2.42. The molecule has 5 heteroatoms. The van der Waals surface area contributed by atoms with Crippen LogP contribution in [0.5, 0.6) is 11.5 Å². The smallest absolute Gasteiger partial charge is 0.180 e. The van der Waals surface area contributed by atoms with Crippen LogP contribution in [-0.2, 0) is 4.74 Å². The molecule has 2 N–H and O–H groups in total. The molecule has 5 nitrogen and oxygen atoms in total. The van der Waals surface area contributed by atoms with Gasteiger partial charge < -0.3 is 14.9 Å². The Balaban J connectivity index is 2.78. The van der Waals surface area contributed by atoms with E-state index >= 15 is 0 Å². The van der Waals surface area contributed by atoms with Gasteiger partial charge in [-0.05, 0) is 25.5 Å². The Bertz CT molecular complexity index is 447. The maximum atomic E-state index is 12.2. The van der Waals surface area contributed by atoms with E-state index < -0.39 is 0 Å². The van der Waals surface area contributed by atoms with Gasteiger partial charge in [0.05, 0.1) is 18.7 Å². The molecule has 0 amide bonds. The van der Waals surface area contributed by atoms with E-state index in [9.17, 15) is 15.0 Å². The van der Waals surface area contributed by atoms with E-state index in [-0.39, 0.29) is 35.4 Å². The second-order valence-corrected chi connectivity index (χ2v) is 4.85. The fraction of sp³-hybridized carbons (Fsp3) is 0.533. The van der Waals surface area contributed by atoms with Gasteiger partial charge >= 0.3 is 0 Å². The van der Waals surface area contributed by atoms with E-state index in [2.05, 4.69) is 13.8 Å². The zero-order chi connectivity index (χ0) is 15.1. The van der Waals surface area contributed by atoms with Crippen LogP contribution in [0.4, 0.5) is 0 Å². The molecule has 20 heavy (non-hydrogen) atoms. The van der Waals surface area contributed by atoms with Gasteiger partial charge in [0, 0.05) is 25.8 Å². The molecule has 0 radical (unpaired) electrons. The van der Waals surface area contributed by atoms with Crippen molar-refractivity contribution in [3.63, 3.8) is 0 Å². The zero-order valence-electron chi connectivity index (χ0n) is 12.3. The molecule has 0 aromatic heterocycles. The van der Waals surface area contributed by atoms with Crippen molar-refractivity contribution in [2.45, 2.75) is 26.3 Å². The molecule has 1 rings (SSSR count). The summed E-state index contributed by atoms with van der Waals surface area (Å²) >= 11 is 0. The van der Waals surface area contributed by atoms with E-state index in [4.69, 9.17) is 4.74 Å². The van der Waals surface area contributed by atoms with Crippen LogP contribution in [-0.4, -0.2) is 53.7 Å². The SMILES string of the molecule is CCC(C)N(CCOC)CC(=O)c1ccc(O)cc1O. The van der Waals surface area contributed by atoms with Gasteiger partial charge in [0.1, 0.15) is 11.5 Å². The number of carbonyl (C=O) groups excluding carboxylic acids is 1. The van der Waals surface area contributed by atoms with Gasteiger partial charge in [0.2, 0.25) is 0 Å². The maximum Gasteiger partial charge on any atom is 0.180 e. The molecule has 1 unspecified atom stereocenters. The summed E-state index contributed by atoms with van der Waals surface area (Å²) in [6, 6.07) is 4.28. The lowest BCUT2D eigenvalue weighted by molar-refractivity contribution is 0.0832. The maximum absolute atomic E-state index is 12.2. The Hall–Kier alpha value is -1.59. The molecule has 112 valence electrons. The normalized spacial score (nSPS) is 12.6. The van der Waals surface area contributed by atoms with Gasteiger partial charge in [0.25, 0.3) is 0 Å². The number of ether oxygens (including phenoxy) is 1. The van der Waals surface area contributed by atoms with E-state index in [0.29, 0.717) is 13.2 Å². The quantitative estimate of drug-likeness (QED) is 0.713. The summed E-state index contributed by atoms with van der Waals surface area (Å²) in [7, 11) is 1.63. The highest BCUT2D eigenvalue weighted by Crippen LogP contribution is 2.23. The highest BCUT2D eigenvalue weighted by molar-refractivity contribution is 6.00. The first-order chi connectivity index (χ1) is 9.49. The molecule has 0 spiro atoms. The van der Waals surface area contributed by atoms with Crippen LogP contribution in [0.1, 0.15) is 30.6 Å². The number of hydrogen-bond acceptors (Lipinski definition) is 5. The van der Waals surface area contributed by atoms with Crippen LogP contribution in [0.25, 0.3) is 0 Å². The summed E-state index contributed by atoms with van der Waals surface area (Å²) in [4.78, 5) is 14.3. The van der Waals surface area contributed by atoms with Gasteiger partial charge in [-0.3, -0.25) is 9.69 Å². The fourth-order valence-electron chi connectivity index (χ4n) is 1.95. The van der Waals surface area contributed by atoms with Crippen LogP contribution in [0.15, 0.2) is 18.2 Å². The zero-order valence-corrected chi connectivity index (χ0v) is 12.3. The number of aromatic hydroxyl groups is 2. The van der Waals surface area contributed by atoms with Crippen molar-refractivity contribution in [1.82, 2.24) is 4.90 Å². The van der Waals surface area contributed by atoms with Crippen LogP contribution >= 0.6 is 0 Å². The van der Waals surface area contributed by atoms with Crippen molar-refractivity contribution >= 4 is 5.78 Å². The molecule has 0 saturated heterocycles. The summed E-state index contributed by atoms with van der Waals surface area (Å²) < 4.78 is 5.06. The highest BCUT2D eigenvalue weighted by atomic mass is 16.5. The second kappa shape index (κ2) is 7.87. The first-order valence-corrected chi connectivity index (χ1v) is 6.77. The number of hydrogen-bond donors (Lipinski definition) is 2. The van der Waals surface area contributed by atoms with Gasteiger partial charge in [0.15, 0.2) is 5.78 Å². The predicted octanol–water partition coefficient (Wildman–Crippen LogP) is 2.03. The van der Waals surface area contributed by atoms with Crippen molar-refractivity contribution in [3.8, 4) is 11.5 Å². The summed E-state index contributed by atoms with van der Waals surface area (Å²) in [5.41, 5.74) is 0.230. The number of phenolic OH excluding ortho intramolecular Hbond substituents is 2. The average molecular weight is 281 g/mol. The summed E-state index contributed by atoms with van der Waals surface area (Å²) in [5.74, 6) is -0.415. The van der Waals surface area contributed by atoms with Crippen LogP contribution < -0.4 is 0 Å². The summed E-state index contributed by atoms with van der Waals surface area (Å²) in [5, 5.41) is 19.0. The molecule has 1 aromatic carbocycles. The molecule has 0 fully saturated rings. The Labute approximate surface area is 119 Å². The number of carbonyl (C=O) groups is 1. The van der Waals surface area contributed by atoms with E-state index in [1.807, 2.05) is 4.90 Å². The molecule has 1 aromatic rings. The number of rotatable bonds is 8. The topological polar surface area (TPSA) is 70.0 Å². The molecule has 1 atom stereocenters. The number of nitrogens with zero attached hydrogens (tertiary/aromatic N) is 1. The van der Waals surface area contributed by atoms with Gasteiger partial charge in [-0.1, -0.05) is 6.92 Å². The molecule has 0 aliphatic carbocycles. The largest absolute Gasteiger partial charge is 0.508 e. The minimum absolute atomic E-state index is 0.0581. The van der Waals surface area contributed by atoms with Crippen LogP contribution in [0.3, 0.4) is 0 Å². The third-order valence-electron chi connectivity index (χ3n) is 3.43. The van der Waals surface area contributed by atoms with Crippen molar-refractivity contribution in [2.24, 2.45) is 0 Å². The molecule has 0 aliphatic heterocycles. The number of phenols is 2. The Morgan fingerprint density at radius 1 is 1.40 bits per heavy atom. The number of ketones is 1. The number of Topliss-reactive ketones (excluding diaryl/α,β-unsaturated/α-hetero) is 1. The molecule has 0 saturated carbocycles. The Morgan fingerprint density at radius 3 is 2.65 bits per heavy atom. The molecule has 0 bridgehead atoms. The fourth-order valence-corrected chi connectivity index (χ4v) is 1.95. The first-order valence-electron chi connectivity index (χ1n) is 6.77. The molecule has 0 heterocycles. The van der Waals surface area contributed by atoms with Gasteiger partial charge in [-0.15, -0.1) is 0 Å². The Morgan fingerprint density at radius 2 is 2.10 bits per heavy atom. The van der Waals surface area contributed by atoms with E-state index in [0.717, 1.165) is 6.42 Å². The highest BCUT2D eigenvalue weighted by Gasteiger charge is 2.19. The number of benzene rings is 1. The van der Waals surface area contributed by atoms with Gasteiger partial charge in [-0.2, -0.15) is 0 Å². The van der Waals surface area contributed by atoms with Gasteiger partial charge in [-0.25, -0.2) is 0 Å². The second-order valence-electron chi connectivity index (χ2n) is 4.85. The Kier molecular flexibility index (Phi) is 6.48. The van der Waals surface area contributed by atoms with E-state index in [1.165, 1.54) is 18.2 Å². The predicted molar refractivity (Wildman–Crippen MR) is 77.3 cm³/mol.